The van der Waals surface area contributed by atoms with Crippen molar-refractivity contribution < 1.29 is 14.3 Å². The summed E-state index contributed by atoms with van der Waals surface area (Å²) in [5.41, 5.74) is 1.97. The van der Waals surface area contributed by atoms with Crippen LogP contribution in [0, 0.1) is 0 Å². The van der Waals surface area contributed by atoms with E-state index >= 15 is 0 Å². The van der Waals surface area contributed by atoms with Gasteiger partial charge in [-0.25, -0.2) is 0 Å². The molecule has 30 heavy (non-hydrogen) atoms. The Bertz CT molecular complexity index is 1080. The molecule has 1 aliphatic heterocycles. The van der Waals surface area contributed by atoms with Gasteiger partial charge in [0.2, 0.25) is 0 Å². The summed E-state index contributed by atoms with van der Waals surface area (Å²) < 4.78 is 5.50. The monoisotopic (exact) mass is 416 g/mol. The number of carbonyl (C=O) groups is 2. The van der Waals surface area contributed by atoms with Crippen LogP contribution in [-0.4, -0.2) is 28.3 Å². The van der Waals surface area contributed by atoms with Crippen LogP contribution < -0.4 is 4.74 Å². The van der Waals surface area contributed by atoms with Crippen LogP contribution in [0.4, 0.5) is 0 Å². The van der Waals surface area contributed by atoms with Crippen LogP contribution in [0.5, 0.6) is 5.75 Å². The fourth-order valence-electron chi connectivity index (χ4n) is 3.21. The maximum absolute atomic E-state index is 13.3. The summed E-state index contributed by atoms with van der Waals surface area (Å²) in [7, 11) is 0. The number of nitrogens with zero attached hydrogens (tertiary/aromatic N) is 2. The van der Waals surface area contributed by atoms with Crippen LogP contribution in [0.1, 0.15) is 18.1 Å². The minimum atomic E-state index is -0.292. The average molecular weight is 417 g/mol. The average Bonchev–Trinajstić information content (AvgIpc) is 3.00. The van der Waals surface area contributed by atoms with E-state index in [9.17, 15) is 9.59 Å². The SMILES string of the molecule is CCOc1ccc(C2=C(Sc3ccccc3)C(=O)N(Cc3ccncc3)C2=O)cc1. The Hall–Kier alpha value is -3.38. The third-order valence-electron chi connectivity index (χ3n) is 4.63. The lowest BCUT2D eigenvalue weighted by atomic mass is 10.1. The Labute approximate surface area is 179 Å². The van der Waals surface area contributed by atoms with Crippen LogP contribution in [0.25, 0.3) is 5.57 Å². The summed E-state index contributed by atoms with van der Waals surface area (Å²) in [6.07, 6.45) is 3.31. The number of imide groups is 1. The quantitative estimate of drug-likeness (QED) is 0.529. The molecule has 0 radical (unpaired) electrons. The Morgan fingerprint density at radius 3 is 2.27 bits per heavy atom. The summed E-state index contributed by atoms with van der Waals surface area (Å²) in [5, 5.41) is 0. The topological polar surface area (TPSA) is 59.5 Å². The van der Waals surface area contributed by atoms with Crippen LogP contribution >= 0.6 is 11.8 Å². The Kier molecular flexibility index (Phi) is 5.95. The van der Waals surface area contributed by atoms with Gasteiger partial charge in [0.1, 0.15) is 5.75 Å². The number of thioether (sulfide) groups is 1. The first-order chi connectivity index (χ1) is 14.7. The largest absolute Gasteiger partial charge is 0.494 e. The Balaban J connectivity index is 1.71. The summed E-state index contributed by atoms with van der Waals surface area (Å²) >= 11 is 1.32. The predicted molar refractivity (Wildman–Crippen MR) is 117 cm³/mol. The highest BCUT2D eigenvalue weighted by atomic mass is 32.2. The zero-order valence-electron chi connectivity index (χ0n) is 16.4. The van der Waals surface area contributed by atoms with Crippen LogP contribution in [0.3, 0.4) is 0 Å². The lowest BCUT2D eigenvalue weighted by Crippen LogP contribution is -2.30. The standard InChI is InChI=1S/C24H20N2O3S/c1-2-29-19-10-8-18(9-11-19)21-22(30-20-6-4-3-5-7-20)24(28)26(23(21)27)16-17-12-14-25-15-13-17/h3-15H,2,16H2,1H3. The number of benzene rings is 2. The molecule has 0 aliphatic carbocycles. The Morgan fingerprint density at radius 1 is 0.900 bits per heavy atom. The van der Waals surface area contributed by atoms with Crippen molar-refractivity contribution in [2.24, 2.45) is 0 Å². The summed E-state index contributed by atoms with van der Waals surface area (Å²) in [5.74, 6) is 0.151. The van der Waals surface area contributed by atoms with Gasteiger partial charge in [-0.2, -0.15) is 0 Å². The zero-order valence-corrected chi connectivity index (χ0v) is 17.3. The van der Waals surface area contributed by atoms with E-state index in [2.05, 4.69) is 4.98 Å². The van der Waals surface area contributed by atoms with Gasteiger partial charge in [0.05, 0.1) is 23.6 Å². The molecule has 2 amide bonds. The molecule has 2 heterocycles. The van der Waals surface area contributed by atoms with E-state index in [1.54, 1.807) is 24.5 Å². The van der Waals surface area contributed by atoms with E-state index < -0.39 is 0 Å². The molecule has 1 aromatic heterocycles. The molecule has 4 rings (SSSR count). The third kappa shape index (κ3) is 4.14. The van der Waals surface area contributed by atoms with Gasteiger partial charge in [-0.3, -0.25) is 19.5 Å². The van der Waals surface area contributed by atoms with Crippen molar-refractivity contribution in [2.45, 2.75) is 18.4 Å². The first-order valence-corrected chi connectivity index (χ1v) is 10.4. The Morgan fingerprint density at radius 2 is 1.60 bits per heavy atom. The van der Waals surface area contributed by atoms with Gasteiger partial charge in [0.25, 0.3) is 11.8 Å². The van der Waals surface area contributed by atoms with Gasteiger partial charge in [0.15, 0.2) is 0 Å². The van der Waals surface area contributed by atoms with Crippen molar-refractivity contribution in [3.63, 3.8) is 0 Å². The summed E-state index contributed by atoms with van der Waals surface area (Å²) in [4.78, 5) is 33.2. The summed E-state index contributed by atoms with van der Waals surface area (Å²) in [6, 6.07) is 20.5. The molecule has 5 nitrogen and oxygen atoms in total. The number of aromatic nitrogens is 1. The molecule has 3 aromatic rings. The van der Waals surface area contributed by atoms with Gasteiger partial charge in [0, 0.05) is 17.3 Å². The number of pyridine rings is 1. The number of ether oxygens (including phenoxy) is 1. The van der Waals surface area contributed by atoms with E-state index in [4.69, 9.17) is 4.74 Å². The smallest absolute Gasteiger partial charge is 0.268 e. The van der Waals surface area contributed by atoms with Gasteiger partial charge < -0.3 is 4.74 Å². The highest BCUT2D eigenvalue weighted by Crippen LogP contribution is 2.40. The fraction of sp³-hybridized carbons (Fsp3) is 0.125. The molecule has 0 atom stereocenters. The van der Waals surface area contributed by atoms with Gasteiger partial charge in [-0.05, 0) is 54.4 Å². The van der Waals surface area contributed by atoms with Gasteiger partial charge >= 0.3 is 0 Å². The number of rotatable bonds is 7. The highest BCUT2D eigenvalue weighted by Gasteiger charge is 2.39. The molecule has 0 spiro atoms. The van der Waals surface area contributed by atoms with Crippen molar-refractivity contribution in [3.8, 4) is 5.75 Å². The number of hydrogen-bond acceptors (Lipinski definition) is 5. The molecule has 2 aromatic carbocycles. The first-order valence-electron chi connectivity index (χ1n) is 9.63. The molecule has 1 aliphatic rings. The van der Waals surface area contributed by atoms with Crippen LogP contribution in [0.2, 0.25) is 0 Å². The third-order valence-corrected chi connectivity index (χ3v) is 5.72. The van der Waals surface area contributed by atoms with Crippen molar-refractivity contribution >= 4 is 29.1 Å². The number of hydrogen-bond donors (Lipinski definition) is 0. The second-order valence-corrected chi connectivity index (χ2v) is 7.71. The zero-order chi connectivity index (χ0) is 20.9. The van der Waals surface area contributed by atoms with Crippen LogP contribution in [0.15, 0.2) is 88.9 Å². The van der Waals surface area contributed by atoms with Crippen LogP contribution in [-0.2, 0) is 16.1 Å². The second-order valence-electron chi connectivity index (χ2n) is 6.63. The molecule has 0 bridgehead atoms. The summed E-state index contributed by atoms with van der Waals surface area (Å²) in [6.45, 7) is 2.69. The minimum absolute atomic E-state index is 0.208. The molecular weight excluding hydrogens is 396 g/mol. The van der Waals surface area contributed by atoms with Crippen molar-refractivity contribution in [1.82, 2.24) is 9.88 Å². The number of amides is 2. The molecule has 150 valence electrons. The molecule has 0 fully saturated rings. The van der Waals surface area contributed by atoms with E-state index in [-0.39, 0.29) is 18.4 Å². The normalized spacial score (nSPS) is 13.8. The predicted octanol–water partition coefficient (Wildman–Crippen LogP) is 4.55. The molecular formula is C24H20N2O3S. The van der Waals surface area contributed by atoms with Gasteiger partial charge in [-0.15, -0.1) is 0 Å². The number of carbonyl (C=O) groups excluding carboxylic acids is 2. The molecule has 0 N–H and O–H groups in total. The molecule has 0 saturated carbocycles. The molecule has 0 saturated heterocycles. The van der Waals surface area contributed by atoms with E-state index in [0.29, 0.717) is 22.6 Å². The maximum atomic E-state index is 13.3. The van der Waals surface area contributed by atoms with Crippen molar-refractivity contribution in [3.05, 3.63) is 95.2 Å². The first kappa shape index (κ1) is 19.9. The van der Waals surface area contributed by atoms with Crippen molar-refractivity contribution in [1.29, 1.82) is 0 Å². The van der Waals surface area contributed by atoms with E-state index in [1.165, 1.54) is 16.7 Å². The van der Waals surface area contributed by atoms with E-state index in [0.717, 1.165) is 16.2 Å². The second kappa shape index (κ2) is 8.97. The van der Waals surface area contributed by atoms with E-state index in [1.807, 2.05) is 61.5 Å². The highest BCUT2D eigenvalue weighted by molar-refractivity contribution is 8.04. The fourth-order valence-corrected chi connectivity index (χ4v) is 4.24. The molecule has 0 unspecified atom stereocenters. The molecule has 6 heteroatoms. The van der Waals surface area contributed by atoms with Crippen molar-refractivity contribution in [2.75, 3.05) is 6.61 Å². The van der Waals surface area contributed by atoms with Gasteiger partial charge in [-0.1, -0.05) is 42.1 Å². The minimum Gasteiger partial charge on any atom is -0.494 e. The maximum Gasteiger partial charge on any atom is 0.268 e. The lowest BCUT2D eigenvalue weighted by Gasteiger charge is -2.15. The lowest BCUT2D eigenvalue weighted by molar-refractivity contribution is -0.137.